The minimum absolute atomic E-state index is 0.0833. The number of ether oxygens (including phenoxy) is 3. The van der Waals surface area contributed by atoms with Gasteiger partial charge in [-0.1, -0.05) is 0 Å². The van der Waals surface area contributed by atoms with E-state index in [0.29, 0.717) is 33.0 Å². The van der Waals surface area contributed by atoms with Crippen molar-refractivity contribution < 1.29 is 45.1 Å². The molecule has 0 aromatic heterocycles. The zero-order valence-corrected chi connectivity index (χ0v) is 14.4. The van der Waals surface area contributed by atoms with Gasteiger partial charge in [-0.05, 0) is 32.6 Å². The maximum absolute atomic E-state index is 13.1. The number of esters is 1. The smallest absolute Gasteiger partial charge is 0.429 e. The van der Waals surface area contributed by atoms with Crippen molar-refractivity contribution in [1.29, 1.82) is 0 Å². The van der Waals surface area contributed by atoms with Gasteiger partial charge in [-0.3, -0.25) is 9.35 Å². The van der Waals surface area contributed by atoms with E-state index < -0.39 is 39.5 Å². The molecule has 146 valence electrons. The van der Waals surface area contributed by atoms with Crippen LogP contribution < -0.4 is 0 Å². The maximum Gasteiger partial charge on any atom is 0.429 e. The molecule has 0 aromatic rings. The van der Waals surface area contributed by atoms with Gasteiger partial charge in [-0.25, -0.2) is 0 Å². The summed E-state index contributed by atoms with van der Waals surface area (Å²) in [6, 6.07) is 0. The first-order valence-corrected chi connectivity index (χ1v) is 9.48. The van der Waals surface area contributed by atoms with E-state index in [1.54, 1.807) is 0 Å². The molecule has 1 saturated heterocycles. The Bertz CT molecular complexity index is 580. The highest BCUT2D eigenvalue weighted by Gasteiger charge is 2.57. The number of alkyl halides is 3. The van der Waals surface area contributed by atoms with Crippen LogP contribution in [0.15, 0.2) is 0 Å². The molecule has 2 unspecified atom stereocenters. The van der Waals surface area contributed by atoms with Gasteiger partial charge in [0.15, 0.2) is 0 Å². The lowest BCUT2D eigenvalue weighted by atomic mass is 9.87. The molecule has 2 atom stereocenters. The molecule has 25 heavy (non-hydrogen) atoms. The number of hydrogen-bond donors (Lipinski definition) is 1. The SMILES string of the molecule is CC(CS(=O)(=O)O)(OC(=O)C1CCC(OCC2CO2)CC1)C(F)(F)F. The zero-order valence-electron chi connectivity index (χ0n) is 13.6. The van der Waals surface area contributed by atoms with Crippen molar-refractivity contribution in [2.24, 2.45) is 5.92 Å². The first-order chi connectivity index (χ1) is 11.4. The highest BCUT2D eigenvalue weighted by Crippen LogP contribution is 2.37. The molecule has 2 fully saturated rings. The van der Waals surface area contributed by atoms with E-state index in [4.69, 9.17) is 14.0 Å². The van der Waals surface area contributed by atoms with Crippen LogP contribution in [0, 0.1) is 5.92 Å². The highest BCUT2D eigenvalue weighted by atomic mass is 32.2. The average molecular weight is 390 g/mol. The quantitative estimate of drug-likeness (QED) is 0.401. The van der Waals surface area contributed by atoms with Crippen molar-refractivity contribution >= 4 is 16.1 Å². The Morgan fingerprint density at radius 1 is 1.24 bits per heavy atom. The summed E-state index contributed by atoms with van der Waals surface area (Å²) in [7, 11) is -4.99. The minimum atomic E-state index is -5.14. The number of epoxide rings is 1. The minimum Gasteiger partial charge on any atom is -0.448 e. The third kappa shape index (κ3) is 6.08. The maximum atomic E-state index is 13.1. The third-order valence-electron chi connectivity index (χ3n) is 4.31. The normalized spacial score (nSPS) is 29.7. The molecule has 1 aliphatic carbocycles. The third-order valence-corrected chi connectivity index (χ3v) is 5.23. The summed E-state index contributed by atoms with van der Waals surface area (Å²) < 4.78 is 84.9. The first kappa shape index (κ1) is 20.4. The van der Waals surface area contributed by atoms with Gasteiger partial charge >= 0.3 is 12.1 Å². The topological polar surface area (TPSA) is 102 Å². The second-order valence-electron chi connectivity index (χ2n) is 6.64. The van der Waals surface area contributed by atoms with E-state index in [-0.39, 0.29) is 25.0 Å². The summed E-state index contributed by atoms with van der Waals surface area (Å²) in [5.41, 5.74) is -3.30. The molecule has 1 N–H and O–H groups in total. The Balaban J connectivity index is 1.90. The fourth-order valence-corrected chi connectivity index (χ4v) is 3.61. The molecular formula is C14H21F3O7S. The fourth-order valence-electron chi connectivity index (χ4n) is 2.70. The van der Waals surface area contributed by atoms with Crippen molar-refractivity contribution in [1.82, 2.24) is 0 Å². The van der Waals surface area contributed by atoms with Gasteiger partial charge in [0.2, 0.25) is 5.60 Å². The molecule has 1 aliphatic heterocycles. The molecule has 0 aromatic carbocycles. The van der Waals surface area contributed by atoms with Gasteiger partial charge in [0.05, 0.1) is 25.2 Å². The van der Waals surface area contributed by atoms with Gasteiger partial charge < -0.3 is 14.2 Å². The van der Waals surface area contributed by atoms with E-state index in [0.717, 1.165) is 0 Å². The van der Waals surface area contributed by atoms with Crippen molar-refractivity contribution in [3.05, 3.63) is 0 Å². The van der Waals surface area contributed by atoms with Crippen molar-refractivity contribution in [2.75, 3.05) is 19.0 Å². The van der Waals surface area contributed by atoms with Gasteiger partial charge in [0.25, 0.3) is 10.1 Å². The number of halogens is 3. The van der Waals surface area contributed by atoms with Crippen molar-refractivity contribution in [3.8, 4) is 0 Å². The van der Waals surface area contributed by atoms with E-state index >= 15 is 0 Å². The number of carbonyl (C=O) groups is 1. The summed E-state index contributed by atoms with van der Waals surface area (Å²) in [6.07, 6.45) is -3.55. The standard InChI is InChI=1S/C14H21F3O7S/c1-13(14(15,16)17,8-25(19,20)21)24-12(18)9-2-4-10(5-3-9)22-6-11-7-23-11/h9-11H,2-8H2,1H3,(H,19,20,21). The molecule has 7 nitrogen and oxygen atoms in total. The molecular weight excluding hydrogens is 369 g/mol. The molecule has 1 heterocycles. The molecule has 2 rings (SSSR count). The lowest BCUT2D eigenvalue weighted by Crippen LogP contribution is -2.52. The average Bonchev–Trinajstić information content (AvgIpc) is 3.26. The predicted molar refractivity (Wildman–Crippen MR) is 78.4 cm³/mol. The lowest BCUT2D eigenvalue weighted by molar-refractivity contribution is -0.258. The highest BCUT2D eigenvalue weighted by molar-refractivity contribution is 7.85. The van der Waals surface area contributed by atoms with Crippen molar-refractivity contribution in [2.45, 2.75) is 56.6 Å². The number of carbonyl (C=O) groups excluding carboxylic acids is 1. The van der Waals surface area contributed by atoms with E-state index in [2.05, 4.69) is 4.74 Å². The van der Waals surface area contributed by atoms with Gasteiger partial charge in [0.1, 0.15) is 11.9 Å². The van der Waals surface area contributed by atoms with E-state index in [9.17, 15) is 26.4 Å². The van der Waals surface area contributed by atoms with Crippen LogP contribution in [-0.4, -0.2) is 61.9 Å². The van der Waals surface area contributed by atoms with Crippen LogP contribution in [0.1, 0.15) is 32.6 Å². The summed E-state index contributed by atoms with van der Waals surface area (Å²) in [5, 5.41) is 0. The summed E-state index contributed by atoms with van der Waals surface area (Å²) in [6.45, 7) is 1.55. The van der Waals surface area contributed by atoms with Crippen molar-refractivity contribution in [3.63, 3.8) is 0 Å². The van der Waals surface area contributed by atoms with Crippen LogP contribution in [0.5, 0.6) is 0 Å². The summed E-state index contributed by atoms with van der Waals surface area (Å²) in [4.78, 5) is 12.1. The number of rotatable bonds is 7. The Hall–Kier alpha value is -0.910. The Kier molecular flexibility index (Phi) is 6.02. The Morgan fingerprint density at radius 3 is 2.24 bits per heavy atom. The van der Waals surface area contributed by atoms with E-state index in [1.165, 1.54) is 0 Å². The summed E-state index contributed by atoms with van der Waals surface area (Å²) in [5.74, 6) is -3.62. The molecule has 0 radical (unpaired) electrons. The predicted octanol–water partition coefficient (Wildman–Crippen LogP) is 1.71. The van der Waals surface area contributed by atoms with Crippen LogP contribution in [-0.2, 0) is 29.1 Å². The number of hydrogen-bond acceptors (Lipinski definition) is 6. The second kappa shape index (κ2) is 7.37. The lowest BCUT2D eigenvalue weighted by Gasteiger charge is -2.33. The summed E-state index contributed by atoms with van der Waals surface area (Å²) >= 11 is 0. The van der Waals surface area contributed by atoms with Crippen LogP contribution in [0.25, 0.3) is 0 Å². The van der Waals surface area contributed by atoms with Gasteiger partial charge in [0, 0.05) is 0 Å². The van der Waals surface area contributed by atoms with Gasteiger partial charge in [-0.15, -0.1) is 0 Å². The zero-order chi connectivity index (χ0) is 18.9. The molecule has 11 heteroatoms. The van der Waals surface area contributed by atoms with E-state index in [1.807, 2.05) is 0 Å². The molecule has 0 spiro atoms. The molecule has 0 bridgehead atoms. The largest absolute Gasteiger partial charge is 0.448 e. The monoisotopic (exact) mass is 390 g/mol. The van der Waals surface area contributed by atoms with Crippen LogP contribution in [0.3, 0.4) is 0 Å². The Morgan fingerprint density at radius 2 is 1.80 bits per heavy atom. The molecule has 1 saturated carbocycles. The van der Waals surface area contributed by atoms with Crippen LogP contribution in [0.2, 0.25) is 0 Å². The van der Waals surface area contributed by atoms with Crippen LogP contribution >= 0.6 is 0 Å². The molecule has 2 aliphatic rings. The van der Waals surface area contributed by atoms with Gasteiger partial charge in [-0.2, -0.15) is 21.6 Å². The first-order valence-electron chi connectivity index (χ1n) is 7.87. The van der Waals surface area contributed by atoms with Crippen LogP contribution in [0.4, 0.5) is 13.2 Å². The Labute approximate surface area is 143 Å². The fraction of sp³-hybridized carbons (Fsp3) is 0.929. The second-order valence-corrected chi connectivity index (χ2v) is 8.09. The molecule has 0 amide bonds.